The molecule has 2 rings (SSSR count). The number of benzene rings is 1. The molecular weight excluding hydrogens is 274 g/mol. The Morgan fingerprint density at radius 1 is 1.17 bits per heavy atom. The van der Waals surface area contributed by atoms with Gasteiger partial charge >= 0.3 is 0 Å². The van der Waals surface area contributed by atoms with E-state index in [0.717, 1.165) is 31.7 Å². The van der Waals surface area contributed by atoms with Crippen LogP contribution in [-0.4, -0.2) is 31.1 Å². The lowest BCUT2D eigenvalue weighted by atomic mass is 10.0. The number of nitrogens with one attached hydrogen (secondary N) is 1. The number of rotatable bonds is 3. The molecule has 0 unspecified atom stereocenters. The van der Waals surface area contributed by atoms with E-state index in [0.29, 0.717) is 0 Å². The van der Waals surface area contributed by atoms with Crippen LogP contribution >= 0.6 is 24.8 Å². The molecule has 0 spiro atoms. The van der Waals surface area contributed by atoms with E-state index in [2.05, 4.69) is 16.8 Å². The third kappa shape index (κ3) is 4.25. The Morgan fingerprint density at radius 3 is 2.22 bits per heavy atom. The van der Waals surface area contributed by atoms with E-state index in [1.54, 1.807) is 0 Å². The van der Waals surface area contributed by atoms with Crippen molar-refractivity contribution < 1.29 is 4.39 Å². The second kappa shape index (κ2) is 8.48. The molecule has 1 aromatic rings. The highest BCUT2D eigenvalue weighted by atomic mass is 35.5. The number of hydrogen-bond donors (Lipinski definition) is 1. The van der Waals surface area contributed by atoms with Crippen molar-refractivity contribution in [3.63, 3.8) is 0 Å². The van der Waals surface area contributed by atoms with Crippen molar-refractivity contribution in [3.05, 3.63) is 48.3 Å². The van der Waals surface area contributed by atoms with Gasteiger partial charge in [-0.3, -0.25) is 4.90 Å². The smallest absolute Gasteiger partial charge is 0.123 e. The SMILES string of the molecule is C=C[C@H](c1ccc(F)cc1)N1CCNCC1.Cl.Cl. The Bertz CT molecular complexity index is 351. The highest BCUT2D eigenvalue weighted by Crippen LogP contribution is 2.22. The van der Waals surface area contributed by atoms with E-state index >= 15 is 0 Å². The molecule has 102 valence electrons. The average Bonchev–Trinajstić information content (AvgIpc) is 2.34. The van der Waals surface area contributed by atoms with E-state index in [9.17, 15) is 4.39 Å². The van der Waals surface area contributed by atoms with Gasteiger partial charge in [0.1, 0.15) is 5.82 Å². The summed E-state index contributed by atoms with van der Waals surface area (Å²) in [7, 11) is 0. The molecule has 1 aromatic carbocycles. The fourth-order valence-corrected chi connectivity index (χ4v) is 2.12. The number of halogens is 3. The molecule has 1 aliphatic heterocycles. The normalized spacial score (nSPS) is 17.2. The van der Waals surface area contributed by atoms with Gasteiger partial charge in [-0.25, -0.2) is 4.39 Å². The summed E-state index contributed by atoms with van der Waals surface area (Å²) in [6, 6.07) is 6.89. The molecular formula is C13H19Cl2FN2. The van der Waals surface area contributed by atoms with E-state index < -0.39 is 0 Å². The average molecular weight is 293 g/mol. The van der Waals surface area contributed by atoms with Crippen LogP contribution in [0.25, 0.3) is 0 Å². The number of nitrogens with zero attached hydrogens (tertiary/aromatic N) is 1. The molecule has 1 aliphatic rings. The van der Waals surface area contributed by atoms with Crippen molar-refractivity contribution in [1.82, 2.24) is 10.2 Å². The maximum absolute atomic E-state index is 12.8. The first-order valence-electron chi connectivity index (χ1n) is 5.64. The van der Waals surface area contributed by atoms with Gasteiger partial charge in [-0.1, -0.05) is 18.2 Å². The summed E-state index contributed by atoms with van der Waals surface area (Å²) < 4.78 is 12.8. The highest BCUT2D eigenvalue weighted by molar-refractivity contribution is 5.85. The Kier molecular flexibility index (Phi) is 8.20. The van der Waals surface area contributed by atoms with Crippen LogP contribution in [0.15, 0.2) is 36.9 Å². The zero-order valence-electron chi connectivity index (χ0n) is 10.1. The van der Waals surface area contributed by atoms with E-state index in [4.69, 9.17) is 0 Å². The van der Waals surface area contributed by atoms with Crippen molar-refractivity contribution in [2.45, 2.75) is 6.04 Å². The fourth-order valence-electron chi connectivity index (χ4n) is 2.12. The lowest BCUT2D eigenvalue weighted by Gasteiger charge is -2.33. The third-order valence-electron chi connectivity index (χ3n) is 2.98. The maximum Gasteiger partial charge on any atom is 0.123 e. The van der Waals surface area contributed by atoms with Crippen molar-refractivity contribution in [2.75, 3.05) is 26.2 Å². The highest BCUT2D eigenvalue weighted by Gasteiger charge is 2.18. The molecule has 5 heteroatoms. The summed E-state index contributed by atoms with van der Waals surface area (Å²) in [6.45, 7) is 7.91. The topological polar surface area (TPSA) is 15.3 Å². The molecule has 0 saturated carbocycles. The summed E-state index contributed by atoms with van der Waals surface area (Å²) >= 11 is 0. The molecule has 0 amide bonds. The Labute approximate surface area is 120 Å². The van der Waals surface area contributed by atoms with Crippen LogP contribution < -0.4 is 5.32 Å². The summed E-state index contributed by atoms with van der Waals surface area (Å²) in [5.41, 5.74) is 1.11. The van der Waals surface area contributed by atoms with Crippen LogP contribution in [0.4, 0.5) is 4.39 Å². The predicted octanol–water partition coefficient (Wildman–Crippen LogP) is 2.80. The van der Waals surface area contributed by atoms with E-state index in [1.807, 2.05) is 18.2 Å². The molecule has 0 aromatic heterocycles. The molecule has 1 atom stereocenters. The minimum Gasteiger partial charge on any atom is -0.314 e. The second-order valence-corrected chi connectivity index (χ2v) is 4.02. The van der Waals surface area contributed by atoms with Gasteiger partial charge in [0.25, 0.3) is 0 Å². The van der Waals surface area contributed by atoms with Gasteiger partial charge in [-0.05, 0) is 17.7 Å². The first-order valence-corrected chi connectivity index (χ1v) is 5.64. The lowest BCUT2D eigenvalue weighted by molar-refractivity contribution is 0.203. The molecule has 0 aliphatic carbocycles. The summed E-state index contributed by atoms with van der Waals surface area (Å²) in [6.07, 6.45) is 1.93. The minimum absolute atomic E-state index is 0. The second-order valence-electron chi connectivity index (χ2n) is 4.02. The standard InChI is InChI=1S/C13H17FN2.2ClH/c1-2-13(16-9-7-15-8-10-16)11-3-5-12(14)6-4-11;;/h2-6,13,15H,1,7-10H2;2*1H/t13-;;/m1../s1. The van der Waals surface area contributed by atoms with Crippen molar-refractivity contribution >= 4 is 24.8 Å². The molecule has 0 radical (unpaired) electrons. The van der Waals surface area contributed by atoms with Gasteiger partial charge in [0, 0.05) is 26.2 Å². The predicted molar refractivity (Wildman–Crippen MR) is 78.3 cm³/mol. The monoisotopic (exact) mass is 292 g/mol. The minimum atomic E-state index is -0.188. The van der Waals surface area contributed by atoms with Gasteiger partial charge in [0.15, 0.2) is 0 Å². The van der Waals surface area contributed by atoms with Crippen molar-refractivity contribution in [2.24, 2.45) is 0 Å². The van der Waals surface area contributed by atoms with Crippen molar-refractivity contribution in [1.29, 1.82) is 0 Å². The molecule has 1 fully saturated rings. The van der Waals surface area contributed by atoms with Gasteiger partial charge in [-0.15, -0.1) is 31.4 Å². The first kappa shape index (κ1) is 17.4. The molecule has 1 saturated heterocycles. The van der Waals surface area contributed by atoms with Crippen LogP contribution in [0.5, 0.6) is 0 Å². The van der Waals surface area contributed by atoms with Gasteiger partial charge in [-0.2, -0.15) is 0 Å². The van der Waals surface area contributed by atoms with Crippen LogP contribution in [0, 0.1) is 5.82 Å². The Morgan fingerprint density at radius 2 is 1.72 bits per heavy atom. The fraction of sp³-hybridized carbons (Fsp3) is 0.385. The largest absolute Gasteiger partial charge is 0.314 e. The Balaban J connectivity index is 0.00000144. The quantitative estimate of drug-likeness (QED) is 0.862. The first-order chi connectivity index (χ1) is 7.81. The zero-order chi connectivity index (χ0) is 11.4. The summed E-state index contributed by atoms with van der Waals surface area (Å²) in [4.78, 5) is 2.36. The van der Waals surface area contributed by atoms with Gasteiger partial charge < -0.3 is 5.32 Å². The molecule has 0 bridgehead atoms. The van der Waals surface area contributed by atoms with E-state index in [1.165, 1.54) is 12.1 Å². The third-order valence-corrected chi connectivity index (χ3v) is 2.98. The summed E-state index contributed by atoms with van der Waals surface area (Å²) in [5.74, 6) is -0.188. The van der Waals surface area contributed by atoms with Gasteiger partial charge in [0.2, 0.25) is 0 Å². The van der Waals surface area contributed by atoms with Gasteiger partial charge in [0.05, 0.1) is 6.04 Å². The van der Waals surface area contributed by atoms with E-state index in [-0.39, 0.29) is 36.7 Å². The van der Waals surface area contributed by atoms with Crippen LogP contribution in [0.1, 0.15) is 11.6 Å². The van der Waals surface area contributed by atoms with Crippen LogP contribution in [-0.2, 0) is 0 Å². The van der Waals surface area contributed by atoms with Crippen LogP contribution in [0.3, 0.4) is 0 Å². The van der Waals surface area contributed by atoms with Crippen molar-refractivity contribution in [3.8, 4) is 0 Å². The molecule has 1 N–H and O–H groups in total. The Hall–Kier alpha value is -0.610. The molecule has 18 heavy (non-hydrogen) atoms. The zero-order valence-corrected chi connectivity index (χ0v) is 11.8. The summed E-state index contributed by atoms with van der Waals surface area (Å²) in [5, 5.41) is 3.32. The molecule has 1 heterocycles. The maximum atomic E-state index is 12.8. The number of piperazine rings is 1. The van der Waals surface area contributed by atoms with Crippen LogP contribution in [0.2, 0.25) is 0 Å². The number of hydrogen-bond acceptors (Lipinski definition) is 2. The molecule has 2 nitrogen and oxygen atoms in total. The lowest BCUT2D eigenvalue weighted by Crippen LogP contribution is -2.44.